The summed E-state index contributed by atoms with van der Waals surface area (Å²) in [5.74, 6) is 2.16. The van der Waals surface area contributed by atoms with Crippen molar-refractivity contribution in [2.75, 3.05) is 20.3 Å². The molecule has 0 amide bonds. The maximum Gasteiger partial charge on any atom is 0.216 e. The number of hydrogen-bond donors (Lipinski definition) is 1. The molecule has 170 valence electrons. The number of methoxy groups -OCH3 is 1. The first-order chi connectivity index (χ1) is 15.2. The minimum Gasteiger partial charge on any atom is -0.493 e. The molecule has 8 heteroatoms. The van der Waals surface area contributed by atoms with E-state index in [-0.39, 0.29) is 6.10 Å². The molecule has 7 nitrogen and oxygen atoms in total. The van der Waals surface area contributed by atoms with Crippen molar-refractivity contribution in [3.05, 3.63) is 34.4 Å². The lowest BCUT2D eigenvalue weighted by atomic mass is 10.1. The molecule has 0 saturated carbocycles. The van der Waals surface area contributed by atoms with Gasteiger partial charge in [0.1, 0.15) is 6.10 Å². The summed E-state index contributed by atoms with van der Waals surface area (Å²) in [6.45, 7) is 3.69. The van der Waals surface area contributed by atoms with Gasteiger partial charge in [0, 0.05) is 6.61 Å². The standard InChI is InChI=1S/C23H34N4O3S/c1-3-4-5-6-7-8-9-14-29-19-13-12-18(16-21(19)28-2)17-24-27-22(25-26-23(27)31)20-11-10-15-30-20/h12-13,16-17,20H,3-11,14-15H2,1-2H3,(H,26,31)/b24-17-. The van der Waals surface area contributed by atoms with Gasteiger partial charge in [-0.2, -0.15) is 14.9 Å². The Morgan fingerprint density at radius 2 is 2.03 bits per heavy atom. The van der Waals surface area contributed by atoms with Gasteiger partial charge in [0.15, 0.2) is 17.3 Å². The van der Waals surface area contributed by atoms with Crippen LogP contribution in [0.4, 0.5) is 0 Å². The van der Waals surface area contributed by atoms with Gasteiger partial charge in [-0.1, -0.05) is 45.4 Å². The van der Waals surface area contributed by atoms with Crippen LogP contribution in [0.1, 0.15) is 82.2 Å². The number of aromatic nitrogens is 3. The third kappa shape index (κ3) is 6.90. The van der Waals surface area contributed by atoms with Gasteiger partial charge >= 0.3 is 0 Å². The second-order valence-electron chi connectivity index (χ2n) is 7.83. The number of nitrogens with one attached hydrogen (secondary N) is 1. The number of nitrogens with zero attached hydrogens (tertiary/aromatic N) is 3. The van der Waals surface area contributed by atoms with E-state index in [1.807, 2.05) is 18.2 Å². The van der Waals surface area contributed by atoms with E-state index in [1.165, 1.54) is 38.5 Å². The summed E-state index contributed by atoms with van der Waals surface area (Å²) < 4.78 is 19.3. The van der Waals surface area contributed by atoms with Crippen molar-refractivity contribution >= 4 is 18.4 Å². The molecule has 1 aliphatic rings. The van der Waals surface area contributed by atoms with Crippen LogP contribution in [0.2, 0.25) is 0 Å². The van der Waals surface area contributed by atoms with Crippen LogP contribution < -0.4 is 9.47 Å². The van der Waals surface area contributed by atoms with E-state index >= 15 is 0 Å². The van der Waals surface area contributed by atoms with Gasteiger partial charge in [-0.3, -0.25) is 5.10 Å². The normalized spacial score (nSPS) is 16.3. The minimum absolute atomic E-state index is 0.0675. The Kier molecular flexibility index (Phi) is 9.55. The lowest BCUT2D eigenvalue weighted by molar-refractivity contribution is 0.102. The molecule has 0 aliphatic carbocycles. The quantitative estimate of drug-likeness (QED) is 0.239. The van der Waals surface area contributed by atoms with Crippen LogP contribution in [-0.4, -0.2) is 41.4 Å². The minimum atomic E-state index is -0.0675. The molecule has 0 radical (unpaired) electrons. The number of rotatable bonds is 13. The molecule has 1 aromatic heterocycles. The van der Waals surface area contributed by atoms with Crippen LogP contribution in [0, 0.1) is 4.77 Å². The first-order valence-electron chi connectivity index (χ1n) is 11.4. The fourth-order valence-electron chi connectivity index (χ4n) is 3.65. The molecule has 2 heterocycles. The summed E-state index contributed by atoms with van der Waals surface area (Å²) in [4.78, 5) is 0. The van der Waals surface area contributed by atoms with Crippen LogP contribution in [-0.2, 0) is 4.74 Å². The van der Waals surface area contributed by atoms with Crippen molar-refractivity contribution in [2.45, 2.75) is 70.8 Å². The van der Waals surface area contributed by atoms with Crippen molar-refractivity contribution in [3.63, 3.8) is 0 Å². The van der Waals surface area contributed by atoms with Crippen LogP contribution in [0.25, 0.3) is 0 Å². The molecular weight excluding hydrogens is 412 g/mol. The highest BCUT2D eigenvalue weighted by Gasteiger charge is 2.23. The molecule has 1 aliphatic heterocycles. The Morgan fingerprint density at radius 3 is 2.77 bits per heavy atom. The fourth-order valence-corrected chi connectivity index (χ4v) is 3.84. The predicted molar refractivity (Wildman–Crippen MR) is 125 cm³/mol. The Hall–Kier alpha value is -2.19. The molecule has 1 aromatic carbocycles. The van der Waals surface area contributed by atoms with Gasteiger partial charge < -0.3 is 14.2 Å². The summed E-state index contributed by atoms with van der Waals surface area (Å²) in [5, 5.41) is 11.6. The summed E-state index contributed by atoms with van der Waals surface area (Å²) in [7, 11) is 1.65. The third-order valence-corrected chi connectivity index (χ3v) is 5.67. The molecule has 1 fully saturated rings. The molecule has 1 unspecified atom stereocenters. The number of unbranched alkanes of at least 4 members (excludes halogenated alkanes) is 6. The molecule has 1 atom stereocenters. The second-order valence-corrected chi connectivity index (χ2v) is 8.21. The lowest BCUT2D eigenvalue weighted by Gasteiger charge is -2.11. The Balaban J connectivity index is 1.55. The van der Waals surface area contributed by atoms with Gasteiger partial charge in [-0.15, -0.1) is 0 Å². The smallest absolute Gasteiger partial charge is 0.216 e. The first kappa shape index (κ1) is 23.5. The Morgan fingerprint density at radius 1 is 1.23 bits per heavy atom. The van der Waals surface area contributed by atoms with Gasteiger partial charge in [0.2, 0.25) is 4.77 Å². The summed E-state index contributed by atoms with van der Waals surface area (Å²) >= 11 is 5.32. The van der Waals surface area contributed by atoms with E-state index in [1.54, 1.807) is 18.0 Å². The maximum absolute atomic E-state index is 5.94. The van der Waals surface area contributed by atoms with E-state index in [2.05, 4.69) is 22.2 Å². The summed E-state index contributed by atoms with van der Waals surface area (Å²) in [5.41, 5.74) is 0.890. The number of ether oxygens (including phenoxy) is 3. The number of aromatic amines is 1. The zero-order valence-corrected chi connectivity index (χ0v) is 19.5. The van der Waals surface area contributed by atoms with Gasteiger partial charge in [0.05, 0.1) is 19.9 Å². The Bertz CT molecular complexity index is 887. The number of H-pyrrole nitrogens is 1. The monoisotopic (exact) mass is 446 g/mol. The van der Waals surface area contributed by atoms with Crippen LogP contribution >= 0.6 is 12.2 Å². The Labute approximate surface area is 189 Å². The SMILES string of the molecule is CCCCCCCCCOc1ccc(/C=N\n2c(C3CCCO3)n[nH]c2=S)cc1OC. The van der Waals surface area contributed by atoms with Crippen LogP contribution in [0.15, 0.2) is 23.3 Å². The lowest BCUT2D eigenvalue weighted by Crippen LogP contribution is -2.05. The molecule has 0 bridgehead atoms. The molecular formula is C23H34N4O3S. The molecule has 31 heavy (non-hydrogen) atoms. The summed E-state index contributed by atoms with van der Waals surface area (Å²) in [6.07, 6.45) is 12.4. The highest BCUT2D eigenvalue weighted by atomic mass is 32.1. The highest BCUT2D eigenvalue weighted by molar-refractivity contribution is 7.71. The van der Waals surface area contributed by atoms with Crippen molar-refractivity contribution in [3.8, 4) is 11.5 Å². The summed E-state index contributed by atoms with van der Waals surface area (Å²) in [6, 6.07) is 5.80. The topological polar surface area (TPSA) is 73.7 Å². The molecule has 1 N–H and O–H groups in total. The van der Waals surface area contributed by atoms with Crippen LogP contribution in [0.3, 0.4) is 0 Å². The molecule has 3 rings (SSSR count). The van der Waals surface area contributed by atoms with Crippen molar-refractivity contribution < 1.29 is 14.2 Å². The predicted octanol–water partition coefficient (Wildman–Crippen LogP) is 5.81. The number of benzene rings is 1. The van der Waals surface area contributed by atoms with E-state index < -0.39 is 0 Å². The second kappa shape index (κ2) is 12.6. The van der Waals surface area contributed by atoms with Gasteiger partial charge in [-0.05, 0) is 55.2 Å². The van der Waals surface area contributed by atoms with E-state index in [0.717, 1.165) is 37.2 Å². The van der Waals surface area contributed by atoms with E-state index in [9.17, 15) is 0 Å². The molecule has 1 saturated heterocycles. The molecule has 0 spiro atoms. The zero-order chi connectivity index (χ0) is 21.9. The van der Waals surface area contributed by atoms with Crippen molar-refractivity contribution in [1.82, 2.24) is 14.9 Å². The van der Waals surface area contributed by atoms with Gasteiger partial charge in [0.25, 0.3) is 0 Å². The van der Waals surface area contributed by atoms with Crippen LogP contribution in [0.5, 0.6) is 11.5 Å². The van der Waals surface area contributed by atoms with Gasteiger partial charge in [-0.25, -0.2) is 0 Å². The average Bonchev–Trinajstić information content (AvgIpc) is 3.44. The fraction of sp³-hybridized carbons (Fsp3) is 0.609. The van der Waals surface area contributed by atoms with Crippen molar-refractivity contribution in [2.24, 2.45) is 5.10 Å². The highest BCUT2D eigenvalue weighted by Crippen LogP contribution is 2.29. The first-order valence-corrected chi connectivity index (χ1v) is 11.8. The third-order valence-electron chi connectivity index (χ3n) is 5.41. The largest absolute Gasteiger partial charge is 0.493 e. The van der Waals surface area contributed by atoms with E-state index in [0.29, 0.717) is 23.0 Å². The maximum atomic E-state index is 5.94. The number of hydrogen-bond acceptors (Lipinski definition) is 6. The zero-order valence-electron chi connectivity index (χ0n) is 18.6. The average molecular weight is 447 g/mol. The molecule has 2 aromatic rings. The van der Waals surface area contributed by atoms with Crippen molar-refractivity contribution in [1.29, 1.82) is 0 Å². The van der Waals surface area contributed by atoms with E-state index in [4.69, 9.17) is 26.4 Å².